The molecule has 2 heterocycles. The summed E-state index contributed by atoms with van der Waals surface area (Å²) in [5.41, 5.74) is -3.96. The minimum Gasteiger partial charge on any atom is -0.357 e. The van der Waals surface area contributed by atoms with Crippen LogP contribution in [0.5, 0.6) is 0 Å². The number of aliphatic hydroxyl groups is 5. The lowest BCUT2D eigenvalue weighted by molar-refractivity contribution is -0.379. The molecule has 0 amide bonds. The van der Waals surface area contributed by atoms with Gasteiger partial charge in [-0.1, -0.05) is 20.3 Å². The van der Waals surface area contributed by atoms with Gasteiger partial charge >= 0.3 is 11.8 Å². The first-order valence-electron chi connectivity index (χ1n) is 6.48. The second-order valence-electron chi connectivity index (χ2n) is 4.78. The Morgan fingerprint density at radius 1 is 1.13 bits per heavy atom. The van der Waals surface area contributed by atoms with Crippen molar-refractivity contribution in [1.82, 2.24) is 18.7 Å². The van der Waals surface area contributed by atoms with Crippen LogP contribution in [-0.2, 0) is 19.0 Å². The number of hydrogen-bond acceptors (Lipinski definition) is 8. The molecule has 2 aromatic rings. The van der Waals surface area contributed by atoms with Gasteiger partial charge in [-0.2, -0.15) is 4.57 Å². The number of fused-ring (bicyclic) bond motifs is 1. The molecule has 0 fully saturated rings. The topological polar surface area (TPSA) is 163 Å². The maximum absolute atomic E-state index is 12.0. The summed E-state index contributed by atoms with van der Waals surface area (Å²) in [4.78, 5) is 27.5. The second kappa shape index (κ2) is 6.25. The average Bonchev–Trinajstić information content (AvgIpc) is 2.68. The van der Waals surface area contributed by atoms with Crippen LogP contribution < -0.4 is 11.2 Å². The van der Waals surface area contributed by atoms with Gasteiger partial charge in [0.15, 0.2) is 24.8 Å². The molecule has 0 unspecified atom stereocenters. The van der Waals surface area contributed by atoms with Crippen molar-refractivity contribution in [1.29, 1.82) is 0 Å². The molecule has 12 heteroatoms. The van der Waals surface area contributed by atoms with Crippen LogP contribution in [-0.4, -0.2) is 52.1 Å². The first-order chi connectivity index (χ1) is 10.4. The molecule has 2 radical (unpaired) electrons. The number of aryl methyl sites for hydroxylation is 1. The molecule has 0 aliphatic rings. The smallest absolute Gasteiger partial charge is 0.357 e. The van der Waals surface area contributed by atoms with Gasteiger partial charge in [-0.05, 0) is 0 Å². The van der Waals surface area contributed by atoms with Crippen molar-refractivity contribution in [2.45, 2.75) is 32.2 Å². The zero-order valence-corrected chi connectivity index (χ0v) is 12.7. The fourth-order valence-electron chi connectivity index (χ4n) is 1.77. The molecule has 0 aliphatic heterocycles. The first kappa shape index (κ1) is 19.1. The van der Waals surface area contributed by atoms with E-state index in [1.54, 1.807) is 0 Å². The molecule has 0 spiro atoms. The maximum Gasteiger partial charge on any atom is 0.380 e. The minimum atomic E-state index is -3.86. The summed E-state index contributed by atoms with van der Waals surface area (Å²) in [5.74, 6) is -3.29. The van der Waals surface area contributed by atoms with Gasteiger partial charge < -0.3 is 30.1 Å². The molecule has 5 N–H and O–H groups in total. The van der Waals surface area contributed by atoms with Crippen LogP contribution in [0.1, 0.15) is 20.3 Å². The van der Waals surface area contributed by atoms with E-state index in [2.05, 4.69) is 18.8 Å². The molecule has 126 valence electrons. The van der Waals surface area contributed by atoms with E-state index in [1.165, 1.54) is 13.5 Å². The fraction of sp³-hybridized carbons (Fsp3) is 0.545. The Kier molecular flexibility index (Phi) is 5.18. The highest BCUT2D eigenvalue weighted by Crippen LogP contribution is 2.11. The van der Waals surface area contributed by atoms with Gasteiger partial charge in [-0.25, -0.2) is 14.3 Å². The summed E-state index contributed by atoms with van der Waals surface area (Å²) < 4.78 is 0.633. The molecule has 0 aliphatic carbocycles. The van der Waals surface area contributed by atoms with Crippen LogP contribution >= 0.6 is 0 Å². The molecule has 0 bridgehead atoms. The molecule has 2 rings (SSSR count). The third kappa shape index (κ3) is 3.51. The summed E-state index contributed by atoms with van der Waals surface area (Å²) in [5, 5.41) is 45.9. The lowest BCUT2D eigenvalue weighted by Crippen LogP contribution is -2.56. The Bertz CT molecular complexity index is 809. The standard InChI is InChI=1S/C8H9BN4O7.C3H8/c1-11-2-10-4-3(11)5(14)13(8(18,19)20)6(15)12(4)7(9,16)17;1-3-2/h2,16-20H,1H3;3H2,1-2H3. The summed E-state index contributed by atoms with van der Waals surface area (Å²) in [6, 6.07) is 0. The quantitative estimate of drug-likeness (QED) is 0.281. The van der Waals surface area contributed by atoms with Crippen LogP contribution in [0, 0.1) is 0 Å². The predicted octanol–water partition coefficient (Wildman–Crippen LogP) is -3.42. The highest BCUT2D eigenvalue weighted by molar-refractivity contribution is 6.11. The van der Waals surface area contributed by atoms with Crippen molar-refractivity contribution >= 4 is 19.0 Å². The van der Waals surface area contributed by atoms with Gasteiger partial charge in [0.05, 0.1) is 6.33 Å². The first-order valence-corrected chi connectivity index (χ1v) is 6.48. The van der Waals surface area contributed by atoms with Crippen molar-refractivity contribution in [3.8, 4) is 0 Å². The average molecular weight is 328 g/mol. The van der Waals surface area contributed by atoms with E-state index in [9.17, 15) is 19.8 Å². The number of aromatic nitrogens is 4. The zero-order valence-electron chi connectivity index (χ0n) is 12.7. The Morgan fingerprint density at radius 3 is 2.00 bits per heavy atom. The lowest BCUT2D eigenvalue weighted by atomic mass is 10.0. The Balaban J connectivity index is 0.000000816. The van der Waals surface area contributed by atoms with Crippen molar-refractivity contribution in [2.75, 3.05) is 0 Å². The highest BCUT2D eigenvalue weighted by Gasteiger charge is 2.34. The number of hydrogen-bond donors (Lipinski definition) is 5. The molecule has 11 nitrogen and oxygen atoms in total. The van der Waals surface area contributed by atoms with Gasteiger partial charge in [0.1, 0.15) is 0 Å². The summed E-state index contributed by atoms with van der Waals surface area (Å²) in [7, 11) is 6.28. The van der Waals surface area contributed by atoms with Gasteiger partial charge in [-0.15, -0.1) is 0 Å². The molecule has 2 aromatic heterocycles. The monoisotopic (exact) mass is 328 g/mol. The lowest BCUT2D eigenvalue weighted by Gasteiger charge is -2.24. The van der Waals surface area contributed by atoms with Gasteiger partial charge in [0.2, 0.25) is 0 Å². The van der Waals surface area contributed by atoms with E-state index in [0.717, 1.165) is 10.9 Å². The van der Waals surface area contributed by atoms with E-state index in [1.807, 2.05) is 0 Å². The van der Waals surface area contributed by atoms with Gasteiger partial charge in [0.25, 0.3) is 5.56 Å². The van der Waals surface area contributed by atoms with Gasteiger partial charge in [-0.3, -0.25) is 4.79 Å². The third-order valence-corrected chi connectivity index (χ3v) is 2.55. The highest BCUT2D eigenvalue weighted by atomic mass is 16.7. The predicted molar refractivity (Wildman–Crippen MR) is 78.0 cm³/mol. The fourth-order valence-corrected chi connectivity index (χ4v) is 1.77. The minimum absolute atomic E-state index is 0.00113. The van der Waals surface area contributed by atoms with Crippen molar-refractivity contribution in [2.24, 2.45) is 7.05 Å². The van der Waals surface area contributed by atoms with E-state index < -0.39 is 38.9 Å². The van der Waals surface area contributed by atoms with Crippen LogP contribution in [0.25, 0.3) is 11.2 Å². The summed E-state index contributed by atoms with van der Waals surface area (Å²) in [6.07, 6.45) is -1.56. The third-order valence-electron chi connectivity index (χ3n) is 2.55. The van der Waals surface area contributed by atoms with E-state index >= 15 is 0 Å². The van der Waals surface area contributed by atoms with Crippen molar-refractivity contribution in [3.05, 3.63) is 27.2 Å². The Labute approximate surface area is 130 Å². The number of rotatable bonds is 2. The van der Waals surface area contributed by atoms with E-state index in [0.29, 0.717) is 0 Å². The number of nitrogens with zero attached hydrogens (tertiary/aromatic N) is 4. The maximum atomic E-state index is 12.0. The summed E-state index contributed by atoms with van der Waals surface area (Å²) in [6.45, 7) is 4.25. The normalized spacial score (nSPS) is 12.2. The SMILES string of the molecule is CCC.[B]C(O)(O)n1c(=O)n(C(O)(O)O)c(=O)c2c1ncn2C. The molecule has 0 atom stereocenters. The molecule has 23 heavy (non-hydrogen) atoms. The molecule has 0 aromatic carbocycles. The van der Waals surface area contributed by atoms with Gasteiger partial charge in [0, 0.05) is 7.05 Å². The molecular weight excluding hydrogens is 311 g/mol. The van der Waals surface area contributed by atoms with Crippen LogP contribution in [0.15, 0.2) is 15.9 Å². The zero-order chi connectivity index (χ0) is 18.2. The van der Waals surface area contributed by atoms with Crippen molar-refractivity contribution < 1.29 is 25.5 Å². The number of imidazole rings is 1. The van der Waals surface area contributed by atoms with Crippen LogP contribution in [0.3, 0.4) is 0 Å². The molecule has 0 saturated heterocycles. The second-order valence-corrected chi connectivity index (χ2v) is 4.78. The van der Waals surface area contributed by atoms with Crippen LogP contribution in [0.2, 0.25) is 0 Å². The molecule has 0 saturated carbocycles. The van der Waals surface area contributed by atoms with Crippen LogP contribution in [0.4, 0.5) is 0 Å². The summed E-state index contributed by atoms with van der Waals surface area (Å²) >= 11 is 0. The van der Waals surface area contributed by atoms with E-state index in [-0.39, 0.29) is 4.57 Å². The van der Waals surface area contributed by atoms with Crippen molar-refractivity contribution in [3.63, 3.8) is 0 Å². The van der Waals surface area contributed by atoms with E-state index in [4.69, 9.17) is 23.2 Å². The largest absolute Gasteiger partial charge is 0.380 e. The molecular formula is C11H17BN4O7. The Morgan fingerprint density at radius 2 is 1.61 bits per heavy atom. The Hall–Kier alpha value is -1.99.